The second-order valence-corrected chi connectivity index (χ2v) is 6.04. The summed E-state index contributed by atoms with van der Waals surface area (Å²) < 4.78 is 0. The average molecular weight is 377 g/mol. The second kappa shape index (κ2) is 20.9. The zero-order valence-electron chi connectivity index (χ0n) is 14.7. The van der Waals surface area contributed by atoms with Gasteiger partial charge < -0.3 is 0 Å². The molecule has 0 aromatic carbocycles. The van der Waals surface area contributed by atoms with Crippen molar-refractivity contribution in [3.8, 4) is 0 Å². The summed E-state index contributed by atoms with van der Waals surface area (Å²) in [5.74, 6) is 0. The number of allylic oxidation sites excluding steroid dienone is 12. The van der Waals surface area contributed by atoms with Gasteiger partial charge in [0.15, 0.2) is 0 Å². The highest BCUT2D eigenvalue weighted by Crippen LogP contribution is 1.98. The van der Waals surface area contributed by atoms with Crippen molar-refractivity contribution in [1.29, 1.82) is 0 Å². The van der Waals surface area contributed by atoms with Gasteiger partial charge in [-0.05, 0) is 51.4 Å². The molecule has 0 aromatic heterocycles. The molecule has 1 heteroatoms. The Hall–Kier alpha value is -1.08. The van der Waals surface area contributed by atoms with Gasteiger partial charge in [0.1, 0.15) is 0 Å². The molecule has 0 rings (SSSR count). The molecule has 0 aliphatic carbocycles. The lowest BCUT2D eigenvalue weighted by Gasteiger charge is -1.87. The second-order valence-electron chi connectivity index (χ2n) is 5.25. The number of unbranched alkanes of at least 4 members (excludes halogenated alkanes) is 1. The predicted molar refractivity (Wildman–Crippen MR) is 111 cm³/mol. The molecule has 0 amide bonds. The Kier molecular flexibility index (Phi) is 19.9. The van der Waals surface area contributed by atoms with Crippen molar-refractivity contribution in [3.63, 3.8) is 0 Å². The maximum Gasteiger partial charge on any atom is 0.00342 e. The van der Waals surface area contributed by atoms with E-state index in [2.05, 4.69) is 95.8 Å². The molecule has 0 saturated heterocycles. The molecule has 0 radical (unpaired) electrons. The molecule has 0 unspecified atom stereocenters. The van der Waals surface area contributed by atoms with Gasteiger partial charge in [-0.3, -0.25) is 0 Å². The fraction of sp³-hybridized carbons (Fsp3) is 0.455. The minimum Gasteiger partial charge on any atom is -0.0928 e. The summed E-state index contributed by atoms with van der Waals surface area (Å²) in [4.78, 5) is 0. The van der Waals surface area contributed by atoms with Crippen LogP contribution in [0.5, 0.6) is 0 Å². The van der Waals surface area contributed by atoms with E-state index in [0.717, 1.165) is 43.9 Å². The van der Waals surface area contributed by atoms with Crippen LogP contribution < -0.4 is 0 Å². The molecule has 0 aliphatic heterocycles. The standard InChI is InChI=1S/C22H33Br/c1-2-3-4-5-6-7-8-9-10-11-12-13-14-15-16-17-18-19-20-21-22-23/h3-4,6-7,9-10,12-13,15-16,18-19H,2,5,8,11,14,17,20-22H2,1H3/b4-3-,7-6-,10-9-,13-12-,16-15-,19-18-. The maximum absolute atomic E-state index is 3.44. The highest BCUT2D eigenvalue weighted by Gasteiger charge is 1.78. The van der Waals surface area contributed by atoms with Crippen LogP contribution in [0.15, 0.2) is 72.9 Å². The van der Waals surface area contributed by atoms with Crippen molar-refractivity contribution >= 4 is 15.9 Å². The zero-order chi connectivity index (χ0) is 16.8. The molecule has 0 saturated carbocycles. The quantitative estimate of drug-likeness (QED) is 0.164. The van der Waals surface area contributed by atoms with E-state index in [0.29, 0.717) is 0 Å². The van der Waals surface area contributed by atoms with Gasteiger partial charge in [-0.1, -0.05) is 95.8 Å². The van der Waals surface area contributed by atoms with Crippen molar-refractivity contribution in [2.75, 3.05) is 5.33 Å². The molecule has 0 heterocycles. The summed E-state index contributed by atoms with van der Waals surface area (Å²) in [6.07, 6.45) is 35.6. The lowest BCUT2D eigenvalue weighted by Crippen LogP contribution is -1.69. The highest BCUT2D eigenvalue weighted by atomic mass is 79.9. The van der Waals surface area contributed by atoms with Gasteiger partial charge >= 0.3 is 0 Å². The lowest BCUT2D eigenvalue weighted by molar-refractivity contribution is 0.974. The van der Waals surface area contributed by atoms with Crippen LogP contribution in [0.4, 0.5) is 0 Å². The summed E-state index contributed by atoms with van der Waals surface area (Å²) in [5, 5.41) is 1.10. The SMILES string of the molecule is CC/C=C\C/C=C\C/C=C\C/C=C\C/C=C\C/C=C\CCCBr. The third-order valence-electron chi connectivity index (χ3n) is 3.10. The summed E-state index contributed by atoms with van der Waals surface area (Å²) in [7, 11) is 0. The highest BCUT2D eigenvalue weighted by molar-refractivity contribution is 9.09. The Bertz CT molecular complexity index is 394. The van der Waals surface area contributed by atoms with Crippen LogP contribution in [-0.2, 0) is 0 Å². The number of halogens is 1. The van der Waals surface area contributed by atoms with E-state index in [-0.39, 0.29) is 0 Å². The van der Waals surface area contributed by atoms with Gasteiger partial charge in [0.25, 0.3) is 0 Å². The molecular weight excluding hydrogens is 344 g/mol. The van der Waals surface area contributed by atoms with Crippen molar-refractivity contribution in [2.45, 2.75) is 58.3 Å². The van der Waals surface area contributed by atoms with E-state index in [1.807, 2.05) is 0 Å². The third kappa shape index (κ3) is 20.9. The number of hydrogen-bond acceptors (Lipinski definition) is 0. The van der Waals surface area contributed by atoms with Crippen LogP contribution in [-0.4, -0.2) is 5.33 Å². The minimum absolute atomic E-state index is 1.03. The lowest BCUT2D eigenvalue weighted by atomic mass is 10.2. The molecule has 23 heavy (non-hydrogen) atoms. The van der Waals surface area contributed by atoms with E-state index >= 15 is 0 Å². The van der Waals surface area contributed by atoms with Gasteiger partial charge in [-0.2, -0.15) is 0 Å². The van der Waals surface area contributed by atoms with Gasteiger partial charge in [0.05, 0.1) is 0 Å². The Balaban J connectivity index is 3.47. The Morgan fingerprint density at radius 1 is 0.522 bits per heavy atom. The number of alkyl halides is 1. The molecule has 0 spiro atoms. The van der Waals surface area contributed by atoms with E-state index in [1.165, 1.54) is 12.8 Å². The first kappa shape index (κ1) is 21.9. The van der Waals surface area contributed by atoms with Crippen LogP contribution in [0, 0.1) is 0 Å². The number of hydrogen-bond donors (Lipinski definition) is 0. The van der Waals surface area contributed by atoms with Crippen LogP contribution in [0.25, 0.3) is 0 Å². The first-order valence-corrected chi connectivity index (χ1v) is 9.99. The molecule has 0 fully saturated rings. The average Bonchev–Trinajstić information content (AvgIpc) is 2.57. The maximum atomic E-state index is 3.44. The largest absolute Gasteiger partial charge is 0.0928 e. The summed E-state index contributed by atoms with van der Waals surface area (Å²) in [6, 6.07) is 0. The van der Waals surface area contributed by atoms with Gasteiger partial charge in [0, 0.05) is 5.33 Å². The topological polar surface area (TPSA) is 0 Å². The van der Waals surface area contributed by atoms with Crippen molar-refractivity contribution in [2.24, 2.45) is 0 Å². The molecule has 0 aromatic rings. The molecule has 0 nitrogen and oxygen atoms in total. The van der Waals surface area contributed by atoms with Gasteiger partial charge in [-0.15, -0.1) is 0 Å². The molecule has 0 aliphatic rings. The molecule has 0 bridgehead atoms. The Labute approximate surface area is 152 Å². The van der Waals surface area contributed by atoms with E-state index in [1.54, 1.807) is 0 Å². The van der Waals surface area contributed by atoms with Crippen LogP contribution in [0.3, 0.4) is 0 Å². The Morgan fingerprint density at radius 2 is 0.870 bits per heavy atom. The normalized spacial score (nSPS) is 13.3. The molecule has 0 atom stereocenters. The van der Waals surface area contributed by atoms with Crippen LogP contribution >= 0.6 is 15.9 Å². The summed E-state index contributed by atoms with van der Waals surface area (Å²) >= 11 is 3.44. The fourth-order valence-corrected chi connectivity index (χ4v) is 2.16. The van der Waals surface area contributed by atoms with Gasteiger partial charge in [-0.25, -0.2) is 0 Å². The summed E-state index contributed by atoms with van der Waals surface area (Å²) in [6.45, 7) is 2.16. The van der Waals surface area contributed by atoms with Crippen molar-refractivity contribution < 1.29 is 0 Å². The van der Waals surface area contributed by atoms with E-state index in [4.69, 9.17) is 0 Å². The van der Waals surface area contributed by atoms with E-state index < -0.39 is 0 Å². The third-order valence-corrected chi connectivity index (χ3v) is 3.66. The monoisotopic (exact) mass is 376 g/mol. The van der Waals surface area contributed by atoms with Crippen LogP contribution in [0.2, 0.25) is 0 Å². The minimum atomic E-state index is 1.03. The van der Waals surface area contributed by atoms with Crippen molar-refractivity contribution in [1.82, 2.24) is 0 Å². The number of rotatable bonds is 14. The van der Waals surface area contributed by atoms with E-state index in [9.17, 15) is 0 Å². The first-order chi connectivity index (χ1) is 11.4. The van der Waals surface area contributed by atoms with Crippen molar-refractivity contribution in [3.05, 3.63) is 72.9 Å². The first-order valence-electron chi connectivity index (χ1n) is 8.87. The molecular formula is C22H33Br. The molecule has 0 N–H and O–H groups in total. The van der Waals surface area contributed by atoms with Gasteiger partial charge in [0.2, 0.25) is 0 Å². The smallest absolute Gasteiger partial charge is 0.00342 e. The predicted octanol–water partition coefficient (Wildman–Crippen LogP) is 7.86. The fourth-order valence-electron chi connectivity index (χ4n) is 1.83. The molecule has 128 valence electrons. The zero-order valence-corrected chi connectivity index (χ0v) is 16.3. The van der Waals surface area contributed by atoms with Crippen LogP contribution in [0.1, 0.15) is 58.3 Å². The Morgan fingerprint density at radius 3 is 1.22 bits per heavy atom. The summed E-state index contributed by atoms with van der Waals surface area (Å²) in [5.41, 5.74) is 0.